The molecule has 0 radical (unpaired) electrons. The summed E-state index contributed by atoms with van der Waals surface area (Å²) >= 11 is 0. The molecule has 0 fully saturated rings. The Kier molecular flexibility index (Phi) is 10.5. The van der Waals surface area contributed by atoms with Gasteiger partial charge in [-0.1, -0.05) is 26.0 Å². The molecule has 4 N–H and O–H groups in total. The van der Waals surface area contributed by atoms with Gasteiger partial charge >= 0.3 is 5.97 Å². The van der Waals surface area contributed by atoms with Gasteiger partial charge in [-0.05, 0) is 39.3 Å². The zero-order valence-corrected chi connectivity index (χ0v) is 20.0. The molecule has 0 aromatic heterocycles. The van der Waals surface area contributed by atoms with Crippen LogP contribution in [0, 0.1) is 0 Å². The lowest BCUT2D eigenvalue weighted by Gasteiger charge is -2.25. The summed E-state index contributed by atoms with van der Waals surface area (Å²) in [5.74, 6) is -2.21. The number of esters is 1. The molecular formula is C23H34N4O6. The maximum absolute atomic E-state index is 12.5. The third-order valence-electron chi connectivity index (χ3n) is 4.32. The van der Waals surface area contributed by atoms with Gasteiger partial charge in [0, 0.05) is 30.1 Å². The zero-order chi connectivity index (χ0) is 25.2. The van der Waals surface area contributed by atoms with Crippen LogP contribution in [0.4, 0.5) is 5.69 Å². The molecule has 1 rings (SSSR count). The van der Waals surface area contributed by atoms with Gasteiger partial charge in [-0.2, -0.15) is 0 Å². The molecular weight excluding hydrogens is 428 g/mol. The van der Waals surface area contributed by atoms with Crippen LogP contribution in [0.3, 0.4) is 0 Å². The summed E-state index contributed by atoms with van der Waals surface area (Å²) in [6.45, 7) is 9.83. The highest BCUT2D eigenvalue weighted by atomic mass is 16.5. The topological polar surface area (TPSA) is 143 Å². The number of benzene rings is 1. The molecule has 0 aliphatic rings. The number of rotatable bonds is 10. The predicted molar refractivity (Wildman–Crippen MR) is 123 cm³/mol. The molecule has 10 nitrogen and oxygen atoms in total. The summed E-state index contributed by atoms with van der Waals surface area (Å²) in [4.78, 5) is 59.9. The van der Waals surface area contributed by atoms with E-state index in [4.69, 9.17) is 4.74 Å². The fourth-order valence-corrected chi connectivity index (χ4v) is 2.76. The van der Waals surface area contributed by atoms with E-state index in [1.807, 2.05) is 20.8 Å². The first kappa shape index (κ1) is 27.6. The third kappa shape index (κ3) is 10.2. The Hall–Kier alpha value is -3.43. The molecule has 0 spiro atoms. The van der Waals surface area contributed by atoms with Crippen LogP contribution in [-0.4, -0.2) is 47.7 Å². The lowest BCUT2D eigenvalue weighted by atomic mass is 10.0. The second kappa shape index (κ2) is 12.6. The van der Waals surface area contributed by atoms with Crippen molar-refractivity contribution in [2.24, 2.45) is 0 Å². The van der Waals surface area contributed by atoms with E-state index in [2.05, 4.69) is 21.3 Å². The Balaban J connectivity index is 2.74. The summed E-state index contributed by atoms with van der Waals surface area (Å²) in [6.07, 6.45) is -0.473. The van der Waals surface area contributed by atoms with Gasteiger partial charge in [-0.3, -0.25) is 24.0 Å². The average Bonchev–Trinajstić information content (AvgIpc) is 2.73. The van der Waals surface area contributed by atoms with Crippen LogP contribution >= 0.6 is 0 Å². The molecule has 0 aliphatic carbocycles. The number of carbonyl (C=O) groups excluding carboxylic acids is 5. The summed E-state index contributed by atoms with van der Waals surface area (Å²) in [6, 6.07) is 5.55. The number of carbonyl (C=O) groups is 5. The number of anilines is 1. The molecule has 0 bridgehead atoms. The molecule has 0 heterocycles. The smallest absolute Gasteiger partial charge is 0.303 e. The van der Waals surface area contributed by atoms with E-state index in [1.54, 1.807) is 38.1 Å². The first-order chi connectivity index (χ1) is 15.4. The van der Waals surface area contributed by atoms with Gasteiger partial charge in [-0.25, -0.2) is 0 Å². The Morgan fingerprint density at radius 1 is 0.939 bits per heavy atom. The largest absolute Gasteiger partial charge is 0.447 e. The van der Waals surface area contributed by atoms with E-state index in [-0.39, 0.29) is 18.9 Å². The Bertz CT molecular complexity index is 861. The highest BCUT2D eigenvalue weighted by Gasteiger charge is 2.27. The van der Waals surface area contributed by atoms with Gasteiger partial charge in [0.25, 0.3) is 5.91 Å². The Labute approximate surface area is 194 Å². The van der Waals surface area contributed by atoms with E-state index in [0.717, 1.165) is 0 Å². The van der Waals surface area contributed by atoms with Crippen LogP contribution in [0.15, 0.2) is 24.3 Å². The van der Waals surface area contributed by atoms with Crippen molar-refractivity contribution in [1.29, 1.82) is 0 Å². The third-order valence-corrected chi connectivity index (χ3v) is 4.32. The lowest BCUT2D eigenvalue weighted by molar-refractivity contribution is -0.155. The van der Waals surface area contributed by atoms with Crippen molar-refractivity contribution in [2.45, 2.75) is 72.1 Å². The van der Waals surface area contributed by atoms with Crippen LogP contribution < -0.4 is 21.3 Å². The maximum atomic E-state index is 12.5. The van der Waals surface area contributed by atoms with Gasteiger partial charge in [0.1, 0.15) is 6.04 Å². The number of hydrogen-bond acceptors (Lipinski definition) is 6. The maximum Gasteiger partial charge on any atom is 0.303 e. The van der Waals surface area contributed by atoms with Crippen LogP contribution in [0.1, 0.15) is 66.1 Å². The van der Waals surface area contributed by atoms with Crippen molar-refractivity contribution in [2.75, 3.05) is 11.9 Å². The zero-order valence-electron chi connectivity index (χ0n) is 20.0. The second-order valence-corrected chi connectivity index (χ2v) is 8.50. The first-order valence-electron chi connectivity index (χ1n) is 10.8. The minimum absolute atomic E-state index is 0.246. The predicted octanol–water partition coefficient (Wildman–Crippen LogP) is 1.57. The van der Waals surface area contributed by atoms with Crippen LogP contribution in [0.5, 0.6) is 0 Å². The molecule has 1 aromatic carbocycles. The SMILES string of the molecule is CCC(=O)NC(CC)C(=O)NCC(=O)Nc1ccc(C(OC(C)=O)C(=O)NC(C)(C)C)cc1. The average molecular weight is 463 g/mol. The van der Waals surface area contributed by atoms with E-state index in [9.17, 15) is 24.0 Å². The quantitative estimate of drug-likeness (QED) is 0.389. The normalized spacial score (nSPS) is 12.7. The van der Waals surface area contributed by atoms with Gasteiger partial charge in [0.15, 0.2) is 0 Å². The van der Waals surface area contributed by atoms with Crippen molar-refractivity contribution in [3.8, 4) is 0 Å². The minimum atomic E-state index is -1.13. The molecule has 10 heteroatoms. The van der Waals surface area contributed by atoms with Gasteiger partial charge in [0.05, 0.1) is 6.54 Å². The fraction of sp³-hybridized carbons (Fsp3) is 0.522. The number of amides is 4. The highest BCUT2D eigenvalue weighted by molar-refractivity contribution is 5.96. The summed E-state index contributed by atoms with van der Waals surface area (Å²) in [7, 11) is 0. The number of ether oxygens (including phenoxy) is 1. The Morgan fingerprint density at radius 2 is 1.55 bits per heavy atom. The summed E-state index contributed by atoms with van der Waals surface area (Å²) < 4.78 is 5.18. The first-order valence-corrected chi connectivity index (χ1v) is 10.8. The van der Waals surface area contributed by atoms with Crippen LogP contribution in [0.25, 0.3) is 0 Å². The van der Waals surface area contributed by atoms with Crippen molar-refractivity contribution in [3.63, 3.8) is 0 Å². The number of nitrogens with one attached hydrogen (secondary N) is 4. The highest BCUT2D eigenvalue weighted by Crippen LogP contribution is 2.21. The molecule has 2 unspecified atom stereocenters. The molecule has 33 heavy (non-hydrogen) atoms. The second-order valence-electron chi connectivity index (χ2n) is 8.50. The fourth-order valence-electron chi connectivity index (χ4n) is 2.76. The number of hydrogen-bond donors (Lipinski definition) is 4. The van der Waals surface area contributed by atoms with Crippen molar-refractivity contribution in [1.82, 2.24) is 16.0 Å². The van der Waals surface area contributed by atoms with Crippen molar-refractivity contribution in [3.05, 3.63) is 29.8 Å². The molecule has 0 aliphatic heterocycles. The molecule has 182 valence electrons. The summed E-state index contributed by atoms with van der Waals surface area (Å²) in [5.41, 5.74) is 0.363. The molecule has 0 saturated heterocycles. The molecule has 4 amide bonds. The van der Waals surface area contributed by atoms with Gasteiger partial charge in [0.2, 0.25) is 23.8 Å². The van der Waals surface area contributed by atoms with Crippen molar-refractivity contribution < 1.29 is 28.7 Å². The van der Waals surface area contributed by atoms with E-state index >= 15 is 0 Å². The lowest BCUT2D eigenvalue weighted by Crippen LogP contribution is -2.47. The van der Waals surface area contributed by atoms with Crippen LogP contribution in [0.2, 0.25) is 0 Å². The van der Waals surface area contributed by atoms with E-state index < -0.39 is 41.4 Å². The molecule has 2 atom stereocenters. The standard InChI is InChI=1S/C23H34N4O6/c1-7-17(26-18(29)8-2)21(31)24-13-19(30)25-16-11-9-15(10-12-16)20(33-14(3)28)22(32)27-23(4,5)6/h9-12,17,20H,7-8,13H2,1-6H3,(H,24,31)(H,25,30)(H,26,29)(H,27,32). The van der Waals surface area contributed by atoms with E-state index in [0.29, 0.717) is 17.7 Å². The van der Waals surface area contributed by atoms with Gasteiger partial charge < -0.3 is 26.0 Å². The van der Waals surface area contributed by atoms with Crippen LogP contribution in [-0.2, 0) is 28.7 Å². The van der Waals surface area contributed by atoms with E-state index in [1.165, 1.54) is 6.92 Å². The summed E-state index contributed by atoms with van der Waals surface area (Å²) in [5, 5.41) is 10.5. The molecule has 1 aromatic rings. The van der Waals surface area contributed by atoms with Crippen molar-refractivity contribution >= 4 is 35.3 Å². The molecule has 0 saturated carbocycles. The monoisotopic (exact) mass is 462 g/mol. The Morgan fingerprint density at radius 3 is 2.03 bits per heavy atom. The van der Waals surface area contributed by atoms with Gasteiger partial charge in [-0.15, -0.1) is 0 Å². The minimum Gasteiger partial charge on any atom is -0.447 e.